The van der Waals surface area contributed by atoms with E-state index in [9.17, 15) is 14.4 Å². The van der Waals surface area contributed by atoms with E-state index < -0.39 is 5.97 Å². The Balaban J connectivity index is 3.21. The van der Waals surface area contributed by atoms with Crippen molar-refractivity contribution in [2.24, 2.45) is 5.92 Å². The van der Waals surface area contributed by atoms with Crippen molar-refractivity contribution in [1.29, 1.82) is 0 Å². The molecule has 0 fully saturated rings. The monoisotopic (exact) mass is 326 g/mol. The lowest BCUT2D eigenvalue weighted by molar-refractivity contribution is -0.118. The lowest BCUT2D eigenvalue weighted by Crippen LogP contribution is -2.23. The zero-order valence-corrected chi connectivity index (χ0v) is 14.3. The molecule has 2 amide bonds. The Morgan fingerprint density at radius 1 is 1.27 bits per heavy atom. The Bertz CT molecular complexity index is 578. The van der Waals surface area contributed by atoms with Gasteiger partial charge in [-0.3, -0.25) is 9.59 Å². The van der Waals surface area contributed by atoms with Gasteiger partial charge in [0.2, 0.25) is 5.91 Å². The standard InChI is InChI=1S/C15H22N2O4S/c1-6-7-16-13(19)11-9(4)10(15(20)21-5)14(22-11)17-12(18)8(2)3/h8H,6-7H2,1-5H3,(H,16,19)(H,17,18). The van der Waals surface area contributed by atoms with E-state index in [0.29, 0.717) is 22.0 Å². The molecule has 0 saturated heterocycles. The molecule has 7 heteroatoms. The molecule has 122 valence electrons. The normalized spacial score (nSPS) is 10.5. The molecule has 0 aliphatic rings. The third-order valence-electron chi connectivity index (χ3n) is 3.04. The maximum Gasteiger partial charge on any atom is 0.341 e. The molecule has 1 aromatic heterocycles. The van der Waals surface area contributed by atoms with Gasteiger partial charge < -0.3 is 15.4 Å². The van der Waals surface area contributed by atoms with Gasteiger partial charge in [0.15, 0.2) is 0 Å². The van der Waals surface area contributed by atoms with Gasteiger partial charge >= 0.3 is 5.97 Å². The summed E-state index contributed by atoms with van der Waals surface area (Å²) in [4.78, 5) is 36.4. The smallest absolute Gasteiger partial charge is 0.341 e. The van der Waals surface area contributed by atoms with E-state index in [0.717, 1.165) is 17.8 Å². The third-order valence-corrected chi connectivity index (χ3v) is 4.25. The summed E-state index contributed by atoms with van der Waals surface area (Å²) in [5.74, 6) is -1.26. The largest absolute Gasteiger partial charge is 0.465 e. The highest BCUT2D eigenvalue weighted by Gasteiger charge is 2.26. The lowest BCUT2D eigenvalue weighted by Gasteiger charge is -2.07. The van der Waals surface area contributed by atoms with Crippen LogP contribution in [0.3, 0.4) is 0 Å². The maximum absolute atomic E-state index is 12.2. The molecule has 0 saturated carbocycles. The van der Waals surface area contributed by atoms with Crippen LogP contribution in [0.2, 0.25) is 0 Å². The highest BCUT2D eigenvalue weighted by molar-refractivity contribution is 7.18. The van der Waals surface area contributed by atoms with Crippen molar-refractivity contribution in [3.63, 3.8) is 0 Å². The van der Waals surface area contributed by atoms with E-state index in [1.165, 1.54) is 7.11 Å². The molecular formula is C15H22N2O4S. The van der Waals surface area contributed by atoms with Crippen LogP contribution in [0.5, 0.6) is 0 Å². The number of carbonyl (C=O) groups excluding carboxylic acids is 3. The molecule has 0 aromatic carbocycles. The van der Waals surface area contributed by atoms with Crippen LogP contribution in [0.4, 0.5) is 5.00 Å². The molecule has 1 rings (SSSR count). The minimum atomic E-state index is -0.567. The van der Waals surface area contributed by atoms with Gasteiger partial charge in [0, 0.05) is 12.5 Å². The van der Waals surface area contributed by atoms with E-state index in [2.05, 4.69) is 10.6 Å². The number of nitrogens with one attached hydrogen (secondary N) is 2. The summed E-state index contributed by atoms with van der Waals surface area (Å²) in [5.41, 5.74) is 0.757. The van der Waals surface area contributed by atoms with Gasteiger partial charge in [0.25, 0.3) is 5.91 Å². The number of ether oxygens (including phenoxy) is 1. The van der Waals surface area contributed by atoms with E-state index in [4.69, 9.17) is 4.74 Å². The first-order valence-corrected chi connectivity index (χ1v) is 7.95. The first-order chi connectivity index (χ1) is 10.3. The van der Waals surface area contributed by atoms with Crippen LogP contribution in [0.15, 0.2) is 0 Å². The molecule has 0 atom stereocenters. The van der Waals surface area contributed by atoms with Crippen molar-refractivity contribution in [1.82, 2.24) is 5.32 Å². The Kier molecular flexibility index (Phi) is 6.55. The first-order valence-electron chi connectivity index (χ1n) is 7.14. The minimum absolute atomic E-state index is 0.216. The summed E-state index contributed by atoms with van der Waals surface area (Å²) in [7, 11) is 1.27. The topological polar surface area (TPSA) is 84.5 Å². The maximum atomic E-state index is 12.2. The molecule has 2 N–H and O–H groups in total. The van der Waals surface area contributed by atoms with Gasteiger partial charge in [-0.2, -0.15) is 0 Å². The number of hydrogen-bond donors (Lipinski definition) is 2. The van der Waals surface area contributed by atoms with Crippen molar-refractivity contribution < 1.29 is 19.1 Å². The number of rotatable bonds is 6. The van der Waals surface area contributed by atoms with Crippen LogP contribution in [0, 0.1) is 12.8 Å². The predicted molar refractivity (Wildman–Crippen MR) is 86.5 cm³/mol. The van der Waals surface area contributed by atoms with Crippen molar-refractivity contribution in [2.75, 3.05) is 19.0 Å². The Morgan fingerprint density at radius 3 is 2.41 bits per heavy atom. The molecule has 0 radical (unpaired) electrons. The number of methoxy groups -OCH3 is 1. The molecule has 0 aliphatic carbocycles. The summed E-state index contributed by atoms with van der Waals surface area (Å²) in [6, 6.07) is 0. The first kappa shape index (κ1) is 18.2. The third kappa shape index (κ3) is 4.07. The van der Waals surface area contributed by atoms with E-state index in [-0.39, 0.29) is 23.3 Å². The second-order valence-electron chi connectivity index (χ2n) is 5.15. The predicted octanol–water partition coefficient (Wildman–Crippen LogP) is 2.58. The number of carbonyl (C=O) groups is 3. The van der Waals surface area contributed by atoms with E-state index in [1.54, 1.807) is 20.8 Å². The fourth-order valence-corrected chi connectivity index (χ4v) is 2.86. The minimum Gasteiger partial charge on any atom is -0.465 e. The molecule has 0 spiro atoms. The zero-order chi connectivity index (χ0) is 16.9. The summed E-state index contributed by atoms with van der Waals surface area (Å²) < 4.78 is 4.76. The number of thiophene rings is 1. The van der Waals surface area contributed by atoms with E-state index in [1.807, 2.05) is 6.92 Å². The fraction of sp³-hybridized carbons (Fsp3) is 0.533. The summed E-state index contributed by atoms with van der Waals surface area (Å²) in [5, 5.41) is 5.82. The highest BCUT2D eigenvalue weighted by atomic mass is 32.1. The molecule has 0 bridgehead atoms. The van der Waals surface area contributed by atoms with Crippen LogP contribution in [-0.4, -0.2) is 31.4 Å². The van der Waals surface area contributed by atoms with Crippen LogP contribution >= 0.6 is 11.3 Å². The van der Waals surface area contributed by atoms with E-state index >= 15 is 0 Å². The molecule has 6 nitrogen and oxygen atoms in total. The number of hydrogen-bond acceptors (Lipinski definition) is 5. The van der Waals surface area contributed by atoms with Crippen LogP contribution in [0.1, 0.15) is 52.8 Å². The van der Waals surface area contributed by atoms with Gasteiger partial charge in [-0.1, -0.05) is 20.8 Å². The van der Waals surface area contributed by atoms with Crippen LogP contribution in [0.25, 0.3) is 0 Å². The summed E-state index contributed by atoms with van der Waals surface area (Å²) in [6.07, 6.45) is 0.816. The molecule has 22 heavy (non-hydrogen) atoms. The summed E-state index contributed by atoms with van der Waals surface area (Å²) >= 11 is 1.09. The molecule has 0 aliphatic heterocycles. The second-order valence-corrected chi connectivity index (χ2v) is 6.17. The quantitative estimate of drug-likeness (QED) is 0.787. The van der Waals surface area contributed by atoms with Gasteiger partial charge in [-0.25, -0.2) is 4.79 Å². The molecular weight excluding hydrogens is 304 g/mol. The average molecular weight is 326 g/mol. The fourth-order valence-electron chi connectivity index (χ4n) is 1.74. The van der Waals surface area contributed by atoms with Gasteiger partial charge in [0.05, 0.1) is 17.6 Å². The van der Waals surface area contributed by atoms with Crippen LogP contribution < -0.4 is 10.6 Å². The SMILES string of the molecule is CCCNC(=O)c1sc(NC(=O)C(C)C)c(C(=O)OC)c1C. The van der Waals surface area contributed by atoms with Crippen molar-refractivity contribution >= 4 is 34.1 Å². The highest BCUT2D eigenvalue weighted by Crippen LogP contribution is 2.34. The number of amides is 2. The summed E-state index contributed by atoms with van der Waals surface area (Å²) in [6.45, 7) is 7.69. The van der Waals surface area contributed by atoms with Crippen molar-refractivity contribution in [3.05, 3.63) is 16.0 Å². The van der Waals surface area contributed by atoms with Gasteiger partial charge in [0.1, 0.15) is 5.00 Å². The Labute approximate surface area is 134 Å². The van der Waals surface area contributed by atoms with Crippen molar-refractivity contribution in [3.8, 4) is 0 Å². The molecule has 1 aromatic rings. The second kappa shape index (κ2) is 7.93. The molecule has 1 heterocycles. The lowest BCUT2D eigenvalue weighted by atomic mass is 10.1. The Morgan fingerprint density at radius 2 is 1.91 bits per heavy atom. The number of esters is 1. The zero-order valence-electron chi connectivity index (χ0n) is 13.5. The average Bonchev–Trinajstić information content (AvgIpc) is 2.80. The number of anilines is 1. The van der Waals surface area contributed by atoms with Gasteiger partial charge in [-0.05, 0) is 18.9 Å². The van der Waals surface area contributed by atoms with Gasteiger partial charge in [-0.15, -0.1) is 11.3 Å². The molecule has 0 unspecified atom stereocenters. The van der Waals surface area contributed by atoms with Crippen molar-refractivity contribution in [2.45, 2.75) is 34.1 Å². The van der Waals surface area contributed by atoms with Crippen LogP contribution in [-0.2, 0) is 9.53 Å². The Hall–Kier alpha value is -1.89.